The van der Waals surface area contributed by atoms with E-state index in [1.165, 1.54) is 17.8 Å². The van der Waals surface area contributed by atoms with E-state index in [4.69, 9.17) is 5.11 Å². The van der Waals surface area contributed by atoms with Crippen LogP contribution in [-0.2, 0) is 11.3 Å². The van der Waals surface area contributed by atoms with Crippen LogP contribution in [0.4, 0.5) is 18.0 Å². The van der Waals surface area contributed by atoms with E-state index in [-0.39, 0.29) is 6.54 Å². The number of halogens is 3. The van der Waals surface area contributed by atoms with Crippen molar-refractivity contribution >= 4 is 12.0 Å². The summed E-state index contributed by atoms with van der Waals surface area (Å²) >= 11 is 0. The minimum atomic E-state index is -5.11. The van der Waals surface area contributed by atoms with E-state index in [1.54, 1.807) is 10.8 Å². The highest BCUT2D eigenvalue weighted by molar-refractivity contribution is 5.86. The van der Waals surface area contributed by atoms with E-state index >= 15 is 0 Å². The van der Waals surface area contributed by atoms with Crippen molar-refractivity contribution in [3.63, 3.8) is 0 Å². The Morgan fingerprint density at radius 3 is 2.50 bits per heavy atom. The average Bonchev–Trinajstić information content (AvgIpc) is 2.80. The van der Waals surface area contributed by atoms with Crippen molar-refractivity contribution in [2.75, 3.05) is 6.54 Å². The van der Waals surface area contributed by atoms with E-state index in [1.807, 2.05) is 0 Å². The third-order valence-corrected chi connectivity index (χ3v) is 2.57. The van der Waals surface area contributed by atoms with Gasteiger partial charge in [-0.05, 0) is 6.92 Å². The van der Waals surface area contributed by atoms with Gasteiger partial charge in [0.1, 0.15) is 0 Å². The molecule has 7 nitrogen and oxygen atoms in total. The summed E-state index contributed by atoms with van der Waals surface area (Å²) < 4.78 is 39.5. The van der Waals surface area contributed by atoms with Crippen molar-refractivity contribution in [1.82, 2.24) is 20.2 Å². The zero-order valence-corrected chi connectivity index (χ0v) is 10.4. The summed E-state index contributed by atoms with van der Waals surface area (Å²) in [6.45, 7) is 0.698. The quantitative estimate of drug-likeness (QED) is 0.740. The van der Waals surface area contributed by atoms with Crippen LogP contribution in [0.15, 0.2) is 18.7 Å². The number of nitrogens with one attached hydrogen (secondary N) is 2. The second kappa shape index (κ2) is 5.80. The molecule has 1 aromatic rings. The predicted octanol–water partition coefficient (Wildman–Crippen LogP) is 0.588. The van der Waals surface area contributed by atoms with Crippen LogP contribution in [0.1, 0.15) is 6.92 Å². The largest absolute Gasteiger partial charge is 0.479 e. The minimum absolute atomic E-state index is 0.0236. The zero-order chi connectivity index (χ0) is 15.4. The first-order valence-electron chi connectivity index (χ1n) is 5.48. The highest BCUT2D eigenvalue weighted by Crippen LogP contribution is 2.30. The van der Waals surface area contributed by atoms with Gasteiger partial charge < -0.3 is 20.3 Å². The standard InChI is InChI=1S/C10H13F3N4O3/c1-9(7(18)19,10(11,12)13)16-8(20)15-3-5-17-4-2-14-6-17/h2,4,6H,3,5H2,1H3,(H,18,19)(H2,15,16,20). The molecule has 0 fully saturated rings. The Labute approximate surface area is 111 Å². The first-order valence-corrected chi connectivity index (χ1v) is 5.48. The summed E-state index contributed by atoms with van der Waals surface area (Å²) in [5.74, 6) is -2.19. The topological polar surface area (TPSA) is 96.3 Å². The van der Waals surface area contributed by atoms with Crippen molar-refractivity contribution in [3.8, 4) is 0 Å². The SMILES string of the molecule is CC(NC(=O)NCCn1ccnc1)(C(=O)O)C(F)(F)F. The van der Waals surface area contributed by atoms with Crippen molar-refractivity contribution < 1.29 is 27.9 Å². The van der Waals surface area contributed by atoms with Gasteiger partial charge in [-0.3, -0.25) is 0 Å². The number of carbonyl (C=O) groups is 2. The lowest BCUT2D eigenvalue weighted by molar-refractivity contribution is -0.203. The van der Waals surface area contributed by atoms with Crippen molar-refractivity contribution in [2.24, 2.45) is 0 Å². The Kier molecular flexibility index (Phi) is 4.58. The molecule has 10 heteroatoms. The van der Waals surface area contributed by atoms with Crippen LogP contribution in [-0.4, -0.2) is 44.9 Å². The second-order valence-electron chi connectivity index (χ2n) is 4.11. The summed E-state index contributed by atoms with van der Waals surface area (Å²) in [5, 5.41) is 12.2. The summed E-state index contributed by atoms with van der Waals surface area (Å²) in [4.78, 5) is 25.8. The molecule has 20 heavy (non-hydrogen) atoms. The number of hydrogen-bond donors (Lipinski definition) is 3. The van der Waals surface area contributed by atoms with E-state index < -0.39 is 23.7 Å². The van der Waals surface area contributed by atoms with Crippen molar-refractivity contribution in [2.45, 2.75) is 25.2 Å². The first-order chi connectivity index (χ1) is 9.17. The Bertz CT molecular complexity index is 475. The van der Waals surface area contributed by atoms with Crippen LogP contribution in [0, 0.1) is 0 Å². The van der Waals surface area contributed by atoms with Gasteiger partial charge in [0.05, 0.1) is 6.33 Å². The summed E-state index contributed by atoms with van der Waals surface area (Å²) in [7, 11) is 0. The van der Waals surface area contributed by atoms with Crippen LogP contribution >= 0.6 is 0 Å². The smallest absolute Gasteiger partial charge is 0.422 e. The molecule has 0 bridgehead atoms. The number of urea groups is 1. The molecule has 0 aliphatic carbocycles. The van der Waals surface area contributed by atoms with E-state index in [2.05, 4.69) is 10.3 Å². The van der Waals surface area contributed by atoms with Crippen LogP contribution in [0.3, 0.4) is 0 Å². The van der Waals surface area contributed by atoms with Gasteiger partial charge in [0, 0.05) is 25.5 Å². The molecule has 1 atom stereocenters. The lowest BCUT2D eigenvalue weighted by Crippen LogP contribution is -2.63. The molecule has 0 radical (unpaired) electrons. The third kappa shape index (κ3) is 3.62. The Morgan fingerprint density at radius 2 is 2.05 bits per heavy atom. The molecule has 0 spiro atoms. The maximum atomic E-state index is 12.6. The summed E-state index contributed by atoms with van der Waals surface area (Å²) in [5.41, 5.74) is -3.34. The molecule has 112 valence electrons. The monoisotopic (exact) mass is 294 g/mol. The van der Waals surface area contributed by atoms with Crippen molar-refractivity contribution in [3.05, 3.63) is 18.7 Å². The fourth-order valence-electron chi connectivity index (χ4n) is 1.23. The number of alkyl halides is 3. The molecule has 2 amide bonds. The van der Waals surface area contributed by atoms with Gasteiger partial charge in [0.15, 0.2) is 0 Å². The lowest BCUT2D eigenvalue weighted by Gasteiger charge is -2.28. The Morgan fingerprint density at radius 1 is 1.40 bits per heavy atom. The summed E-state index contributed by atoms with van der Waals surface area (Å²) in [6.07, 6.45) is -0.529. The van der Waals surface area contributed by atoms with Gasteiger partial charge in [-0.25, -0.2) is 14.6 Å². The highest BCUT2D eigenvalue weighted by atomic mass is 19.4. The number of nitrogens with zero attached hydrogens (tertiary/aromatic N) is 2. The minimum Gasteiger partial charge on any atom is -0.479 e. The third-order valence-electron chi connectivity index (χ3n) is 2.57. The number of imidazole rings is 1. The number of aromatic nitrogens is 2. The summed E-state index contributed by atoms with van der Waals surface area (Å²) in [6, 6.07) is -1.22. The highest BCUT2D eigenvalue weighted by Gasteiger charge is 2.58. The number of amides is 2. The fourth-order valence-corrected chi connectivity index (χ4v) is 1.23. The van der Waals surface area contributed by atoms with Crippen LogP contribution in [0.25, 0.3) is 0 Å². The van der Waals surface area contributed by atoms with Crippen molar-refractivity contribution in [1.29, 1.82) is 0 Å². The first kappa shape index (κ1) is 15.8. The fraction of sp³-hybridized carbons (Fsp3) is 0.500. The molecule has 0 aliphatic heterocycles. The number of carboxylic acids is 1. The number of hydrogen-bond acceptors (Lipinski definition) is 3. The number of carbonyl (C=O) groups excluding carboxylic acids is 1. The maximum absolute atomic E-state index is 12.6. The van der Waals surface area contributed by atoms with Gasteiger partial charge in [-0.1, -0.05) is 0 Å². The van der Waals surface area contributed by atoms with Crippen LogP contribution in [0.2, 0.25) is 0 Å². The zero-order valence-electron chi connectivity index (χ0n) is 10.4. The van der Waals surface area contributed by atoms with Gasteiger partial charge in [0.2, 0.25) is 5.54 Å². The number of rotatable bonds is 5. The van der Waals surface area contributed by atoms with Gasteiger partial charge >= 0.3 is 18.2 Å². The van der Waals surface area contributed by atoms with Gasteiger partial charge in [-0.2, -0.15) is 13.2 Å². The average molecular weight is 294 g/mol. The molecule has 0 saturated heterocycles. The predicted molar refractivity (Wildman–Crippen MR) is 60.9 cm³/mol. The Balaban J connectivity index is 2.53. The second-order valence-corrected chi connectivity index (χ2v) is 4.11. The normalized spacial score (nSPS) is 14.4. The molecule has 1 aromatic heterocycles. The number of aliphatic carboxylic acids is 1. The lowest BCUT2D eigenvalue weighted by atomic mass is 10.0. The molecular formula is C10H13F3N4O3. The van der Waals surface area contributed by atoms with Gasteiger partial charge in [-0.15, -0.1) is 0 Å². The number of carboxylic acid groups (broad SMARTS) is 1. The molecule has 0 aliphatic rings. The molecule has 3 N–H and O–H groups in total. The van der Waals surface area contributed by atoms with Crippen LogP contribution < -0.4 is 10.6 Å². The van der Waals surface area contributed by atoms with Crippen LogP contribution in [0.5, 0.6) is 0 Å². The Hall–Kier alpha value is -2.26. The molecule has 1 rings (SSSR count). The molecule has 0 aromatic carbocycles. The molecule has 1 unspecified atom stereocenters. The van der Waals surface area contributed by atoms with E-state index in [9.17, 15) is 22.8 Å². The van der Waals surface area contributed by atoms with Gasteiger partial charge in [0.25, 0.3) is 0 Å². The van der Waals surface area contributed by atoms with E-state index in [0.29, 0.717) is 13.5 Å². The maximum Gasteiger partial charge on any atom is 0.422 e. The molecule has 1 heterocycles. The molecule has 0 saturated carbocycles. The molecular weight excluding hydrogens is 281 g/mol. The van der Waals surface area contributed by atoms with E-state index in [0.717, 1.165) is 0 Å².